The number of rotatable bonds is 5. The monoisotopic (exact) mass is 348 g/mol. The fourth-order valence-corrected chi connectivity index (χ4v) is 3.69. The highest BCUT2D eigenvalue weighted by Gasteiger charge is 2.44. The van der Waals surface area contributed by atoms with Crippen molar-refractivity contribution in [2.24, 2.45) is 5.73 Å². The number of piperidine rings is 1. The molecule has 1 aromatic carbocycles. The van der Waals surface area contributed by atoms with Crippen molar-refractivity contribution in [3.63, 3.8) is 0 Å². The second kappa shape index (κ2) is 8.17. The van der Waals surface area contributed by atoms with Gasteiger partial charge in [-0.1, -0.05) is 12.1 Å². The standard InChI is InChI=1S/C19H28N2O4/c20-9-13-24-16-5-3-15(4-6-16)14-18(23)21-10-7-19(8-11-21)17(22)2-1-12-25-19/h3-6,17,22H,1-2,7-14,20H2/t17-/m1/s1. The molecule has 0 aliphatic carbocycles. The molecule has 2 aliphatic rings. The fraction of sp³-hybridized carbons (Fsp3) is 0.632. The minimum Gasteiger partial charge on any atom is -0.492 e. The first-order chi connectivity index (χ1) is 12.1. The molecule has 6 heteroatoms. The predicted molar refractivity (Wildman–Crippen MR) is 94.4 cm³/mol. The van der Waals surface area contributed by atoms with Crippen LogP contribution in [0, 0.1) is 0 Å². The van der Waals surface area contributed by atoms with Crippen LogP contribution < -0.4 is 10.5 Å². The summed E-state index contributed by atoms with van der Waals surface area (Å²) in [6, 6.07) is 7.58. The van der Waals surface area contributed by atoms with E-state index in [1.54, 1.807) is 0 Å². The molecule has 2 aliphatic heterocycles. The van der Waals surface area contributed by atoms with Crippen LogP contribution in [0.5, 0.6) is 5.75 Å². The molecule has 1 aromatic rings. The number of aliphatic hydroxyl groups is 1. The number of hydrogen-bond acceptors (Lipinski definition) is 5. The van der Waals surface area contributed by atoms with Crippen LogP contribution in [0.1, 0.15) is 31.2 Å². The van der Waals surface area contributed by atoms with Gasteiger partial charge < -0.3 is 25.2 Å². The van der Waals surface area contributed by atoms with Crippen LogP contribution in [0.15, 0.2) is 24.3 Å². The zero-order chi connectivity index (χ0) is 17.7. The van der Waals surface area contributed by atoms with Gasteiger partial charge in [-0.05, 0) is 43.4 Å². The van der Waals surface area contributed by atoms with E-state index in [0.29, 0.717) is 52.1 Å². The Labute approximate surface area is 148 Å². The number of benzene rings is 1. The van der Waals surface area contributed by atoms with Crippen molar-refractivity contribution in [2.75, 3.05) is 32.8 Å². The lowest BCUT2D eigenvalue weighted by atomic mass is 9.82. The van der Waals surface area contributed by atoms with Gasteiger partial charge in [-0.2, -0.15) is 0 Å². The van der Waals surface area contributed by atoms with Crippen LogP contribution in [-0.2, 0) is 16.0 Å². The molecular formula is C19H28N2O4. The van der Waals surface area contributed by atoms with Gasteiger partial charge in [0.2, 0.25) is 5.91 Å². The smallest absolute Gasteiger partial charge is 0.226 e. The van der Waals surface area contributed by atoms with Crippen LogP contribution in [0.3, 0.4) is 0 Å². The minimum atomic E-state index is -0.434. The molecule has 0 unspecified atom stereocenters. The average Bonchev–Trinajstić information content (AvgIpc) is 2.64. The van der Waals surface area contributed by atoms with Gasteiger partial charge in [-0.15, -0.1) is 0 Å². The summed E-state index contributed by atoms with van der Waals surface area (Å²) in [7, 11) is 0. The van der Waals surface area contributed by atoms with Crippen LogP contribution in [0.25, 0.3) is 0 Å². The molecule has 1 amide bonds. The normalized spacial score (nSPS) is 22.8. The maximum Gasteiger partial charge on any atom is 0.226 e. The van der Waals surface area contributed by atoms with E-state index in [0.717, 1.165) is 24.2 Å². The highest BCUT2D eigenvalue weighted by atomic mass is 16.5. The number of hydrogen-bond donors (Lipinski definition) is 2. The Bertz CT molecular complexity index is 567. The molecule has 2 saturated heterocycles. The number of aliphatic hydroxyl groups excluding tert-OH is 1. The van der Waals surface area contributed by atoms with Gasteiger partial charge in [0.25, 0.3) is 0 Å². The van der Waals surface area contributed by atoms with Gasteiger partial charge in [0.1, 0.15) is 12.4 Å². The number of nitrogens with two attached hydrogens (primary N) is 1. The van der Waals surface area contributed by atoms with Crippen molar-refractivity contribution in [1.29, 1.82) is 0 Å². The summed E-state index contributed by atoms with van der Waals surface area (Å²) < 4.78 is 11.3. The Hall–Kier alpha value is -1.63. The summed E-state index contributed by atoms with van der Waals surface area (Å²) in [6.07, 6.45) is 3.12. The molecule has 1 spiro atoms. The number of carbonyl (C=O) groups is 1. The summed E-state index contributed by atoms with van der Waals surface area (Å²) >= 11 is 0. The lowest BCUT2D eigenvalue weighted by Gasteiger charge is -2.46. The number of amides is 1. The first-order valence-electron chi connectivity index (χ1n) is 9.14. The summed E-state index contributed by atoms with van der Waals surface area (Å²) in [5.74, 6) is 0.890. The van der Waals surface area contributed by atoms with Gasteiger partial charge in [0.15, 0.2) is 0 Å². The van der Waals surface area contributed by atoms with E-state index in [4.69, 9.17) is 15.2 Å². The molecule has 2 heterocycles. The molecule has 0 radical (unpaired) electrons. The summed E-state index contributed by atoms with van der Waals surface area (Å²) in [5, 5.41) is 10.3. The second-order valence-corrected chi connectivity index (χ2v) is 6.91. The number of nitrogens with zero attached hydrogens (tertiary/aromatic N) is 1. The zero-order valence-corrected chi connectivity index (χ0v) is 14.7. The van der Waals surface area contributed by atoms with Crippen molar-refractivity contribution < 1.29 is 19.4 Å². The summed E-state index contributed by atoms with van der Waals surface area (Å²) in [6.45, 7) is 2.97. The second-order valence-electron chi connectivity index (χ2n) is 6.91. The van der Waals surface area contributed by atoms with E-state index in [1.165, 1.54) is 0 Å². The minimum absolute atomic E-state index is 0.121. The highest BCUT2D eigenvalue weighted by molar-refractivity contribution is 5.79. The Kier molecular flexibility index (Phi) is 5.93. The Balaban J connectivity index is 1.51. The van der Waals surface area contributed by atoms with Gasteiger partial charge in [0, 0.05) is 26.2 Å². The van der Waals surface area contributed by atoms with E-state index in [2.05, 4.69) is 0 Å². The topological polar surface area (TPSA) is 85.0 Å². The predicted octanol–water partition coefficient (Wildman–Crippen LogP) is 1.10. The lowest BCUT2D eigenvalue weighted by molar-refractivity contribution is -0.179. The largest absolute Gasteiger partial charge is 0.492 e. The Morgan fingerprint density at radius 2 is 2.04 bits per heavy atom. The van der Waals surface area contributed by atoms with E-state index >= 15 is 0 Å². The summed E-state index contributed by atoms with van der Waals surface area (Å²) in [5.41, 5.74) is 5.95. The molecule has 0 saturated carbocycles. The van der Waals surface area contributed by atoms with Crippen LogP contribution in [0.2, 0.25) is 0 Å². The van der Waals surface area contributed by atoms with Gasteiger partial charge >= 0.3 is 0 Å². The maximum atomic E-state index is 12.6. The molecule has 3 rings (SSSR count). The molecular weight excluding hydrogens is 320 g/mol. The lowest BCUT2D eigenvalue weighted by Crippen LogP contribution is -2.56. The third-order valence-electron chi connectivity index (χ3n) is 5.25. The maximum absolute atomic E-state index is 12.6. The van der Waals surface area contributed by atoms with Crippen molar-refractivity contribution in [2.45, 2.75) is 43.8 Å². The van der Waals surface area contributed by atoms with Crippen LogP contribution >= 0.6 is 0 Å². The molecule has 1 atom stereocenters. The molecule has 2 fully saturated rings. The van der Waals surface area contributed by atoms with Crippen LogP contribution in [-0.4, -0.2) is 60.5 Å². The quantitative estimate of drug-likeness (QED) is 0.832. The van der Waals surface area contributed by atoms with Gasteiger partial charge in [-0.25, -0.2) is 0 Å². The molecule has 0 bridgehead atoms. The van der Waals surface area contributed by atoms with Gasteiger partial charge in [0.05, 0.1) is 18.1 Å². The van der Waals surface area contributed by atoms with E-state index in [-0.39, 0.29) is 5.91 Å². The van der Waals surface area contributed by atoms with Crippen molar-refractivity contribution in [3.8, 4) is 5.75 Å². The SMILES string of the molecule is NCCOc1ccc(CC(=O)N2CCC3(CC2)OCCC[C@H]3O)cc1. The molecule has 138 valence electrons. The molecule has 25 heavy (non-hydrogen) atoms. The summed E-state index contributed by atoms with van der Waals surface area (Å²) in [4.78, 5) is 14.4. The van der Waals surface area contributed by atoms with Crippen molar-refractivity contribution >= 4 is 5.91 Å². The fourth-order valence-electron chi connectivity index (χ4n) is 3.69. The first-order valence-corrected chi connectivity index (χ1v) is 9.14. The number of likely N-dealkylation sites (tertiary alicyclic amines) is 1. The van der Waals surface area contributed by atoms with E-state index in [9.17, 15) is 9.90 Å². The molecule has 0 aromatic heterocycles. The Morgan fingerprint density at radius 1 is 1.32 bits per heavy atom. The molecule has 6 nitrogen and oxygen atoms in total. The Morgan fingerprint density at radius 3 is 2.68 bits per heavy atom. The first kappa shape index (κ1) is 18.2. The number of carbonyl (C=O) groups excluding carboxylic acids is 1. The van der Waals surface area contributed by atoms with Crippen molar-refractivity contribution in [3.05, 3.63) is 29.8 Å². The molecule has 3 N–H and O–H groups in total. The average molecular weight is 348 g/mol. The third kappa shape index (κ3) is 4.32. The number of ether oxygens (including phenoxy) is 2. The third-order valence-corrected chi connectivity index (χ3v) is 5.25. The van der Waals surface area contributed by atoms with Gasteiger partial charge in [-0.3, -0.25) is 4.79 Å². The van der Waals surface area contributed by atoms with Crippen LogP contribution in [0.4, 0.5) is 0 Å². The van der Waals surface area contributed by atoms with Crippen molar-refractivity contribution in [1.82, 2.24) is 4.90 Å². The highest BCUT2D eigenvalue weighted by Crippen LogP contribution is 2.35. The zero-order valence-electron chi connectivity index (χ0n) is 14.7. The van der Waals surface area contributed by atoms with E-state index in [1.807, 2.05) is 29.2 Å². The van der Waals surface area contributed by atoms with E-state index < -0.39 is 11.7 Å².